The quantitative estimate of drug-likeness (QED) is 0.743. The molecule has 3 rings (SSSR count). The van der Waals surface area contributed by atoms with E-state index >= 15 is 0 Å². The van der Waals surface area contributed by atoms with Gasteiger partial charge in [0.15, 0.2) is 12.0 Å². The van der Waals surface area contributed by atoms with Crippen molar-refractivity contribution in [3.05, 3.63) is 12.2 Å². The lowest BCUT2D eigenvalue weighted by Gasteiger charge is -2.23. The van der Waals surface area contributed by atoms with Crippen LogP contribution in [0.3, 0.4) is 0 Å². The molecule has 2 saturated heterocycles. The van der Waals surface area contributed by atoms with Crippen molar-refractivity contribution >= 4 is 5.97 Å². The number of fused-ring (bicyclic) bond motifs is 1. The van der Waals surface area contributed by atoms with Crippen molar-refractivity contribution in [1.29, 1.82) is 0 Å². The number of hydrogen-bond acceptors (Lipinski definition) is 8. The molecule has 0 aromatic carbocycles. The maximum absolute atomic E-state index is 11.4. The van der Waals surface area contributed by atoms with Crippen LogP contribution in [0.5, 0.6) is 0 Å². The topological polar surface area (TPSA) is 105 Å². The zero-order valence-electron chi connectivity index (χ0n) is 11.9. The Hall–Kier alpha value is -1.55. The Morgan fingerprint density at radius 1 is 1.48 bits per heavy atom. The number of esters is 1. The smallest absolute Gasteiger partial charge is 0.377 e. The lowest BCUT2D eigenvalue weighted by molar-refractivity contribution is -0.201. The lowest BCUT2D eigenvalue weighted by atomic mass is 10.1. The highest BCUT2D eigenvalue weighted by Crippen LogP contribution is 2.42. The lowest BCUT2D eigenvalue weighted by Crippen LogP contribution is -2.31. The van der Waals surface area contributed by atoms with Gasteiger partial charge in [-0.1, -0.05) is 0 Å². The van der Waals surface area contributed by atoms with Crippen molar-refractivity contribution in [1.82, 2.24) is 14.8 Å². The summed E-state index contributed by atoms with van der Waals surface area (Å²) in [5, 5.41) is 13.4. The Morgan fingerprint density at radius 2 is 2.19 bits per heavy atom. The summed E-state index contributed by atoms with van der Waals surface area (Å²) in [7, 11) is 1.25. The molecule has 0 aliphatic carbocycles. The van der Waals surface area contributed by atoms with Gasteiger partial charge < -0.3 is 24.1 Å². The summed E-state index contributed by atoms with van der Waals surface area (Å²) in [5.41, 5.74) is 0. The molecule has 2 aliphatic rings. The first-order valence-electron chi connectivity index (χ1n) is 6.56. The normalized spacial score (nSPS) is 33.9. The second-order valence-corrected chi connectivity index (χ2v) is 5.35. The predicted octanol–water partition coefficient (Wildman–Crippen LogP) is -0.526. The van der Waals surface area contributed by atoms with E-state index in [1.807, 2.05) is 0 Å². The zero-order valence-corrected chi connectivity index (χ0v) is 11.9. The van der Waals surface area contributed by atoms with E-state index in [1.165, 1.54) is 18.1 Å². The highest BCUT2D eigenvalue weighted by molar-refractivity contribution is 5.84. The average Bonchev–Trinajstić information content (AvgIpc) is 3.10. The van der Waals surface area contributed by atoms with Crippen molar-refractivity contribution in [3.63, 3.8) is 0 Å². The third-order valence-corrected chi connectivity index (χ3v) is 3.44. The largest absolute Gasteiger partial charge is 0.463 e. The molecule has 9 heteroatoms. The van der Waals surface area contributed by atoms with E-state index in [0.29, 0.717) is 0 Å². The van der Waals surface area contributed by atoms with Crippen LogP contribution in [0.4, 0.5) is 0 Å². The number of carbonyl (C=O) groups is 1. The zero-order chi connectivity index (χ0) is 15.2. The van der Waals surface area contributed by atoms with Crippen LogP contribution in [-0.4, -0.2) is 63.7 Å². The van der Waals surface area contributed by atoms with Crippen LogP contribution in [0.25, 0.3) is 0 Å². The van der Waals surface area contributed by atoms with Crippen LogP contribution in [0.15, 0.2) is 6.33 Å². The molecule has 0 amide bonds. The summed E-state index contributed by atoms with van der Waals surface area (Å²) in [6.07, 6.45) is -0.625. The van der Waals surface area contributed by atoms with Gasteiger partial charge in [0, 0.05) is 0 Å². The van der Waals surface area contributed by atoms with E-state index in [-0.39, 0.29) is 12.4 Å². The van der Waals surface area contributed by atoms with Crippen molar-refractivity contribution < 1.29 is 28.8 Å². The third kappa shape index (κ3) is 2.42. The monoisotopic (exact) mass is 299 g/mol. The molecule has 21 heavy (non-hydrogen) atoms. The summed E-state index contributed by atoms with van der Waals surface area (Å²) >= 11 is 0. The van der Waals surface area contributed by atoms with E-state index in [1.54, 1.807) is 13.8 Å². The molecule has 9 nitrogen and oxygen atoms in total. The molecule has 0 spiro atoms. The highest BCUT2D eigenvalue weighted by atomic mass is 16.8. The fraction of sp³-hybridized carbons (Fsp3) is 0.750. The minimum absolute atomic E-state index is 0.0664. The van der Waals surface area contributed by atoms with Gasteiger partial charge in [-0.15, -0.1) is 5.10 Å². The molecule has 0 radical (unpaired) electrons. The number of ether oxygens (including phenoxy) is 4. The molecule has 1 aromatic rings. The van der Waals surface area contributed by atoms with E-state index in [4.69, 9.17) is 14.2 Å². The second kappa shape index (κ2) is 5.02. The summed E-state index contributed by atoms with van der Waals surface area (Å²) in [6, 6.07) is 0. The van der Waals surface area contributed by atoms with Crippen molar-refractivity contribution in [2.45, 2.75) is 44.2 Å². The van der Waals surface area contributed by atoms with Gasteiger partial charge >= 0.3 is 5.97 Å². The van der Waals surface area contributed by atoms with Crippen molar-refractivity contribution in [2.75, 3.05) is 13.7 Å². The molecule has 0 saturated carbocycles. The third-order valence-electron chi connectivity index (χ3n) is 3.44. The van der Waals surface area contributed by atoms with Gasteiger partial charge in [-0.2, -0.15) is 0 Å². The molecule has 4 atom stereocenters. The Bertz CT molecular complexity index is 545. The maximum atomic E-state index is 11.4. The first kappa shape index (κ1) is 14.4. The molecular formula is C12H17N3O6. The number of carbonyl (C=O) groups excluding carboxylic acids is 1. The molecular weight excluding hydrogens is 282 g/mol. The SMILES string of the molecule is COC(=O)c1ncn([C@H]2O[C@@H](CO)[C@@H]3OC(C)(C)O[C@@H]32)n1. The molecule has 116 valence electrons. The minimum Gasteiger partial charge on any atom is -0.463 e. The summed E-state index contributed by atoms with van der Waals surface area (Å²) in [4.78, 5) is 15.3. The molecule has 1 aromatic heterocycles. The number of methoxy groups -OCH3 is 1. The van der Waals surface area contributed by atoms with Gasteiger partial charge in [0.1, 0.15) is 24.6 Å². The van der Waals surface area contributed by atoms with Gasteiger partial charge in [0.25, 0.3) is 5.82 Å². The van der Waals surface area contributed by atoms with Crippen molar-refractivity contribution in [2.24, 2.45) is 0 Å². The highest BCUT2D eigenvalue weighted by Gasteiger charge is 2.56. The number of aliphatic hydroxyl groups excluding tert-OH is 1. The van der Waals surface area contributed by atoms with E-state index in [2.05, 4.69) is 14.8 Å². The number of aromatic nitrogens is 3. The Balaban J connectivity index is 1.85. The number of aliphatic hydroxyl groups is 1. The molecule has 2 aliphatic heterocycles. The van der Waals surface area contributed by atoms with Gasteiger partial charge in [0.2, 0.25) is 0 Å². The number of nitrogens with zero attached hydrogens (tertiary/aromatic N) is 3. The first-order chi connectivity index (χ1) is 9.95. The fourth-order valence-corrected chi connectivity index (χ4v) is 2.60. The van der Waals surface area contributed by atoms with Crippen LogP contribution in [0, 0.1) is 0 Å². The van der Waals surface area contributed by atoms with Crippen LogP contribution < -0.4 is 0 Å². The predicted molar refractivity (Wildman–Crippen MR) is 66.2 cm³/mol. The first-order valence-corrected chi connectivity index (χ1v) is 6.56. The van der Waals surface area contributed by atoms with Gasteiger partial charge in [-0.25, -0.2) is 14.5 Å². The molecule has 2 fully saturated rings. The minimum atomic E-state index is -0.767. The number of rotatable bonds is 3. The average molecular weight is 299 g/mol. The standard InChI is InChI=1S/C12H17N3O6/c1-12(2)20-7-6(4-16)19-10(8(7)21-12)15-5-13-9(14-15)11(17)18-3/h5-8,10,16H,4H2,1-3H3/t6-,7-,8-,10-/m0/s1. The molecule has 1 N–H and O–H groups in total. The molecule has 0 bridgehead atoms. The van der Waals surface area contributed by atoms with Crippen LogP contribution >= 0.6 is 0 Å². The van der Waals surface area contributed by atoms with E-state index in [9.17, 15) is 9.90 Å². The van der Waals surface area contributed by atoms with Crippen LogP contribution in [0.2, 0.25) is 0 Å². The molecule has 3 heterocycles. The Labute approximate surface area is 120 Å². The van der Waals surface area contributed by atoms with Gasteiger partial charge in [-0.3, -0.25) is 0 Å². The fourth-order valence-electron chi connectivity index (χ4n) is 2.60. The maximum Gasteiger partial charge on any atom is 0.377 e. The number of hydrogen-bond donors (Lipinski definition) is 1. The summed E-state index contributed by atoms with van der Waals surface area (Å²) in [5.74, 6) is -1.47. The van der Waals surface area contributed by atoms with Gasteiger partial charge in [-0.05, 0) is 13.8 Å². The van der Waals surface area contributed by atoms with Crippen molar-refractivity contribution in [3.8, 4) is 0 Å². The Kier molecular flexibility index (Phi) is 3.44. The summed E-state index contributed by atoms with van der Waals surface area (Å²) < 4.78 is 23.2. The van der Waals surface area contributed by atoms with E-state index in [0.717, 1.165) is 0 Å². The van der Waals surface area contributed by atoms with Gasteiger partial charge in [0.05, 0.1) is 13.7 Å². The van der Waals surface area contributed by atoms with E-state index < -0.39 is 36.3 Å². The Morgan fingerprint density at radius 3 is 2.86 bits per heavy atom. The molecule has 0 unspecified atom stereocenters. The summed E-state index contributed by atoms with van der Waals surface area (Å²) in [6.45, 7) is 3.38. The second-order valence-electron chi connectivity index (χ2n) is 5.35. The van der Waals surface area contributed by atoms with Crippen LogP contribution in [0.1, 0.15) is 30.7 Å². The van der Waals surface area contributed by atoms with Crippen LogP contribution in [-0.2, 0) is 18.9 Å².